The first-order valence-electron chi connectivity index (χ1n) is 7.56. The van der Waals surface area contributed by atoms with Gasteiger partial charge in [-0.1, -0.05) is 6.42 Å². The maximum absolute atomic E-state index is 11.7. The summed E-state index contributed by atoms with van der Waals surface area (Å²) >= 11 is 0. The lowest BCUT2D eigenvalue weighted by molar-refractivity contribution is -0.352. The Morgan fingerprint density at radius 2 is 1.91 bits per heavy atom. The molecule has 0 fully saturated rings. The molecule has 0 unspecified atom stereocenters. The minimum Gasteiger partial charge on any atom is -0.356 e. The summed E-state index contributed by atoms with van der Waals surface area (Å²) in [5, 5.41) is 5.37. The third-order valence-electron chi connectivity index (χ3n) is 3.25. The topological polar surface area (TPSA) is 98.6 Å². The van der Waals surface area contributed by atoms with Gasteiger partial charge >= 0.3 is 11.9 Å². The summed E-state index contributed by atoms with van der Waals surface area (Å²) in [6, 6.07) is -0.510. The molecule has 1 aliphatic heterocycles. The second-order valence-corrected chi connectivity index (χ2v) is 5.20. The molecule has 23 heavy (non-hydrogen) atoms. The zero-order chi connectivity index (χ0) is 17.2. The maximum atomic E-state index is 11.7. The Morgan fingerprint density at radius 3 is 2.61 bits per heavy atom. The molecule has 126 valence electrons. The smallest absolute Gasteiger partial charge is 0.356 e. The van der Waals surface area contributed by atoms with Crippen LogP contribution in [0.4, 0.5) is 4.79 Å². The molecule has 1 aliphatic rings. The second kappa shape index (κ2) is 9.50. The number of hydrogen-bond acceptors (Lipinski definition) is 4. The summed E-state index contributed by atoms with van der Waals surface area (Å²) in [7, 11) is 0. The molecule has 0 atom stereocenters. The molecule has 8 heteroatoms. The molecule has 0 saturated heterocycles. The van der Waals surface area contributed by atoms with Crippen LogP contribution in [0, 0.1) is 0 Å². The summed E-state index contributed by atoms with van der Waals surface area (Å²) in [5.41, 5.74) is 0. The fraction of sp³-hybridized carbons (Fsp3) is 0.533. The predicted molar refractivity (Wildman–Crippen MR) is 83.8 cm³/mol. The van der Waals surface area contributed by atoms with Gasteiger partial charge in [-0.3, -0.25) is 9.59 Å². The van der Waals surface area contributed by atoms with E-state index in [1.54, 1.807) is 0 Å². The molecule has 0 radical (unpaired) electrons. The van der Waals surface area contributed by atoms with Crippen molar-refractivity contribution in [3.63, 3.8) is 0 Å². The lowest BCUT2D eigenvalue weighted by Crippen LogP contribution is -2.46. The lowest BCUT2D eigenvalue weighted by Gasteiger charge is -2.14. The van der Waals surface area contributed by atoms with Crippen LogP contribution in [0.5, 0.6) is 0 Å². The molecule has 8 nitrogen and oxygen atoms in total. The number of nitrogens with zero attached hydrogens (tertiary/aromatic N) is 2. The number of imide groups is 1. The summed E-state index contributed by atoms with van der Waals surface area (Å²) in [5.74, 6) is -0.592. The Kier molecular flexibility index (Phi) is 7.65. The van der Waals surface area contributed by atoms with E-state index in [1.165, 1.54) is 19.2 Å². The zero-order valence-corrected chi connectivity index (χ0v) is 13.3. The molecule has 2 N–H and O–H groups in total. The molecule has 0 aromatic heterocycles. The third kappa shape index (κ3) is 6.86. The minimum absolute atomic E-state index is 0.0553. The van der Waals surface area contributed by atoms with Crippen LogP contribution in [-0.2, 0) is 14.4 Å². The fourth-order valence-electron chi connectivity index (χ4n) is 2.01. The van der Waals surface area contributed by atoms with Gasteiger partial charge in [0.1, 0.15) is 12.7 Å². The third-order valence-corrected chi connectivity index (χ3v) is 3.25. The van der Waals surface area contributed by atoms with E-state index >= 15 is 0 Å². The van der Waals surface area contributed by atoms with Crippen LogP contribution >= 0.6 is 0 Å². The molecule has 0 aromatic rings. The Labute approximate surface area is 135 Å². The van der Waals surface area contributed by atoms with Crippen LogP contribution in [0.15, 0.2) is 12.3 Å². The SMILES string of the molecule is C=[N+]1C=CC(=O)N(CCNC(=O)CCCCCNC(C)=O)C1=O. The molecule has 0 aliphatic carbocycles. The van der Waals surface area contributed by atoms with Crippen molar-refractivity contribution in [1.82, 2.24) is 15.5 Å². The van der Waals surface area contributed by atoms with Gasteiger partial charge in [-0.15, -0.1) is 0 Å². The average Bonchev–Trinajstić information content (AvgIpc) is 2.50. The van der Waals surface area contributed by atoms with Crippen LogP contribution in [0.3, 0.4) is 0 Å². The van der Waals surface area contributed by atoms with Crippen molar-refractivity contribution in [2.24, 2.45) is 0 Å². The van der Waals surface area contributed by atoms with Crippen LogP contribution in [0.1, 0.15) is 32.6 Å². The highest BCUT2D eigenvalue weighted by Gasteiger charge is 2.33. The second-order valence-electron chi connectivity index (χ2n) is 5.20. The molecule has 1 rings (SSSR count). The maximum Gasteiger partial charge on any atom is 0.505 e. The number of urea groups is 1. The molecule has 0 bridgehead atoms. The Morgan fingerprint density at radius 1 is 1.17 bits per heavy atom. The lowest BCUT2D eigenvalue weighted by atomic mass is 10.2. The molecular formula is C15H23N4O4+. The van der Waals surface area contributed by atoms with Crippen LogP contribution in [0.2, 0.25) is 0 Å². The fourth-order valence-corrected chi connectivity index (χ4v) is 2.01. The Balaban J connectivity index is 2.13. The van der Waals surface area contributed by atoms with E-state index in [2.05, 4.69) is 17.4 Å². The summed E-state index contributed by atoms with van der Waals surface area (Å²) in [6.45, 7) is 5.88. The van der Waals surface area contributed by atoms with Crippen molar-refractivity contribution >= 4 is 30.5 Å². The molecule has 0 saturated carbocycles. The number of hydrogen-bond donors (Lipinski definition) is 2. The number of amides is 5. The number of nitrogens with one attached hydrogen (secondary N) is 2. The first-order valence-corrected chi connectivity index (χ1v) is 7.56. The summed E-state index contributed by atoms with van der Waals surface area (Å²) in [6.07, 6.45) is 5.34. The van der Waals surface area contributed by atoms with Gasteiger partial charge in [0.05, 0.1) is 19.3 Å². The monoisotopic (exact) mass is 323 g/mol. The Bertz CT molecular complexity index is 528. The zero-order valence-electron chi connectivity index (χ0n) is 13.3. The highest BCUT2D eigenvalue weighted by molar-refractivity contribution is 6.00. The first kappa shape index (κ1) is 18.5. The van der Waals surface area contributed by atoms with Gasteiger partial charge in [-0.25, -0.2) is 4.79 Å². The van der Waals surface area contributed by atoms with Crippen LogP contribution in [0.25, 0.3) is 0 Å². The highest BCUT2D eigenvalue weighted by atomic mass is 16.2. The standard InChI is InChI=1S/C15H22N4O4/c1-12(20)16-8-5-3-4-6-13(21)17-9-11-19-14(22)7-10-18(2)15(19)23/h7,10H,2-6,8-9,11H2,1H3,(H-,16,17,20,21)/p+1. The van der Waals surface area contributed by atoms with E-state index in [9.17, 15) is 19.2 Å². The quantitative estimate of drug-likeness (QED) is 0.460. The van der Waals surface area contributed by atoms with E-state index in [-0.39, 0.29) is 24.9 Å². The molecule has 1 heterocycles. The molecule has 0 aromatic carbocycles. The number of unbranched alkanes of at least 4 members (excludes halogenated alkanes) is 2. The average molecular weight is 323 g/mol. The summed E-state index contributed by atoms with van der Waals surface area (Å²) < 4.78 is 1.07. The number of rotatable bonds is 9. The van der Waals surface area contributed by atoms with E-state index in [1.807, 2.05) is 0 Å². The molecular weight excluding hydrogens is 300 g/mol. The van der Waals surface area contributed by atoms with Crippen molar-refractivity contribution in [1.29, 1.82) is 0 Å². The van der Waals surface area contributed by atoms with Crippen molar-refractivity contribution < 1.29 is 23.8 Å². The Hall–Kier alpha value is -2.51. The molecule has 5 amide bonds. The van der Waals surface area contributed by atoms with Crippen molar-refractivity contribution in [2.45, 2.75) is 32.6 Å². The van der Waals surface area contributed by atoms with Gasteiger partial charge in [-0.05, 0) is 12.8 Å². The van der Waals surface area contributed by atoms with Crippen molar-refractivity contribution in [2.75, 3.05) is 19.6 Å². The normalized spacial score (nSPS) is 14.1. The van der Waals surface area contributed by atoms with E-state index < -0.39 is 11.9 Å². The summed E-state index contributed by atoms with van der Waals surface area (Å²) in [4.78, 5) is 46.6. The number of carbonyl (C=O) groups is 4. The van der Waals surface area contributed by atoms with Gasteiger partial charge in [0.15, 0.2) is 0 Å². The van der Waals surface area contributed by atoms with Gasteiger partial charge in [-0.2, -0.15) is 14.3 Å². The van der Waals surface area contributed by atoms with Crippen molar-refractivity contribution in [3.05, 3.63) is 12.3 Å². The minimum atomic E-state index is -0.510. The van der Waals surface area contributed by atoms with E-state index in [0.29, 0.717) is 13.0 Å². The van der Waals surface area contributed by atoms with Crippen molar-refractivity contribution in [3.8, 4) is 0 Å². The van der Waals surface area contributed by atoms with E-state index in [4.69, 9.17) is 0 Å². The highest BCUT2D eigenvalue weighted by Crippen LogP contribution is 2.02. The van der Waals surface area contributed by atoms with Gasteiger partial charge in [0, 0.05) is 19.9 Å². The van der Waals surface area contributed by atoms with Gasteiger partial charge < -0.3 is 10.6 Å². The number of carbonyl (C=O) groups excluding carboxylic acids is 4. The van der Waals surface area contributed by atoms with Crippen LogP contribution < -0.4 is 10.6 Å². The molecule has 0 spiro atoms. The predicted octanol–water partition coefficient (Wildman–Crippen LogP) is -0.0119. The van der Waals surface area contributed by atoms with Gasteiger partial charge in [0.25, 0.3) is 0 Å². The van der Waals surface area contributed by atoms with Crippen LogP contribution in [-0.4, -0.2) is 59.6 Å². The van der Waals surface area contributed by atoms with E-state index in [0.717, 1.165) is 28.7 Å². The van der Waals surface area contributed by atoms with Gasteiger partial charge in [0.2, 0.25) is 11.8 Å². The largest absolute Gasteiger partial charge is 0.505 e. The first-order chi connectivity index (χ1) is 10.9.